The summed E-state index contributed by atoms with van der Waals surface area (Å²) in [5, 5.41) is 0.604. The minimum absolute atomic E-state index is 0.135. The fourth-order valence-corrected chi connectivity index (χ4v) is 10.2. The third-order valence-corrected chi connectivity index (χ3v) is 14.6. The third-order valence-electron chi connectivity index (χ3n) is 11.0. The zero-order chi connectivity index (χ0) is 41.7. The van der Waals surface area contributed by atoms with Crippen molar-refractivity contribution in [3.05, 3.63) is 0 Å². The van der Waals surface area contributed by atoms with Gasteiger partial charge in [0, 0.05) is 41.8 Å². The van der Waals surface area contributed by atoms with Gasteiger partial charge in [0.2, 0.25) is 0 Å². The highest BCUT2D eigenvalue weighted by Gasteiger charge is 2.20. The van der Waals surface area contributed by atoms with E-state index in [0.29, 0.717) is 30.9 Å². The normalized spacial score (nSPS) is 12.5. The largest absolute Gasteiger partial charge is 0.466 e. The Balaban J connectivity index is 4.47. The summed E-state index contributed by atoms with van der Waals surface area (Å²) in [7, 11) is 0. The molecule has 0 fully saturated rings. The van der Waals surface area contributed by atoms with Crippen molar-refractivity contribution in [3.8, 4) is 0 Å². The number of ether oxygens (including phenoxy) is 2. The molecule has 0 aliphatic heterocycles. The van der Waals surface area contributed by atoms with Crippen LogP contribution in [0.25, 0.3) is 0 Å². The first kappa shape index (κ1) is 56.7. The van der Waals surface area contributed by atoms with Gasteiger partial charge >= 0.3 is 11.9 Å². The van der Waals surface area contributed by atoms with Crippen LogP contribution in [-0.2, 0) is 23.9 Å². The first-order chi connectivity index (χ1) is 28.0. The maximum Gasteiger partial charge on any atom is 0.306 e. The lowest BCUT2D eigenvalue weighted by atomic mass is 10.1. The number of esters is 2. The topological polar surface area (TPSA) is 69.7 Å². The summed E-state index contributed by atoms with van der Waals surface area (Å²) >= 11 is 5.59. The minimum atomic E-state index is -0.532. The smallest absolute Gasteiger partial charge is 0.306 e. The lowest BCUT2D eigenvalue weighted by Crippen LogP contribution is -2.24. The van der Waals surface area contributed by atoms with Gasteiger partial charge in [0.1, 0.15) is 11.9 Å². The van der Waals surface area contributed by atoms with Crippen molar-refractivity contribution in [3.63, 3.8) is 0 Å². The van der Waals surface area contributed by atoms with E-state index in [-0.39, 0.29) is 30.7 Å². The fraction of sp³-hybridized carbons (Fsp3) is 0.939. The first-order valence-electron chi connectivity index (χ1n) is 24.6. The summed E-state index contributed by atoms with van der Waals surface area (Å²) in [4.78, 5) is 38.5. The molecule has 0 aromatic rings. The van der Waals surface area contributed by atoms with E-state index in [4.69, 9.17) is 9.47 Å². The Morgan fingerprint density at radius 2 is 0.860 bits per heavy atom. The van der Waals surface area contributed by atoms with Crippen molar-refractivity contribution in [1.29, 1.82) is 0 Å². The summed E-state index contributed by atoms with van der Waals surface area (Å²) in [6, 6.07) is 0. The molecule has 0 aliphatic rings. The molecule has 0 spiro atoms. The summed E-state index contributed by atoms with van der Waals surface area (Å²) in [5.74, 6) is 4.20. The van der Waals surface area contributed by atoms with Crippen LogP contribution in [0.2, 0.25) is 0 Å². The fourth-order valence-electron chi connectivity index (χ4n) is 7.15. The van der Waals surface area contributed by atoms with Crippen LogP contribution < -0.4 is 0 Å². The predicted molar refractivity (Wildman–Crippen MR) is 256 cm³/mol. The molecule has 5 nitrogen and oxygen atoms in total. The Kier molecular flexibility index (Phi) is 46.4. The molecule has 0 saturated carbocycles. The Morgan fingerprint density at radius 3 is 1.32 bits per heavy atom. The van der Waals surface area contributed by atoms with Gasteiger partial charge in [0.25, 0.3) is 0 Å². The van der Waals surface area contributed by atoms with E-state index in [0.717, 1.165) is 35.2 Å². The SMILES string of the molecule is CCCCCCCCCCCCSCCC(=O)OCCC(CC(=O)CCSC(CC)CCCCCCCCC)OC(=O)CCSCCCCCCCCCCCC. The summed E-state index contributed by atoms with van der Waals surface area (Å²) < 4.78 is 11.4. The number of carbonyl (C=O) groups excluding carboxylic acids is 3. The van der Waals surface area contributed by atoms with Crippen LogP contribution in [0.1, 0.15) is 246 Å². The van der Waals surface area contributed by atoms with Crippen molar-refractivity contribution < 1.29 is 23.9 Å². The summed E-state index contributed by atoms with van der Waals surface area (Å²) in [6.07, 6.45) is 39.6. The van der Waals surface area contributed by atoms with E-state index in [1.165, 1.54) is 180 Å². The highest BCUT2D eigenvalue weighted by atomic mass is 32.2. The molecule has 57 heavy (non-hydrogen) atoms. The number of Topliss-reactive ketones (excluding diaryl/α,β-unsaturated/α-hetero) is 1. The van der Waals surface area contributed by atoms with Crippen LogP contribution in [0.4, 0.5) is 0 Å². The van der Waals surface area contributed by atoms with Gasteiger partial charge in [0.15, 0.2) is 0 Å². The molecule has 2 atom stereocenters. The molecule has 0 aromatic heterocycles. The van der Waals surface area contributed by atoms with Crippen LogP contribution in [-0.4, -0.2) is 64.4 Å². The second-order valence-corrected chi connectivity index (χ2v) is 20.4. The van der Waals surface area contributed by atoms with Gasteiger partial charge in [-0.15, -0.1) is 0 Å². The van der Waals surface area contributed by atoms with Gasteiger partial charge in [-0.2, -0.15) is 35.3 Å². The summed E-state index contributed by atoms with van der Waals surface area (Å²) in [6.45, 7) is 9.24. The first-order valence-corrected chi connectivity index (χ1v) is 28.0. The Hall–Kier alpha value is -0.340. The molecular formula is C49H94O5S3. The Bertz CT molecular complexity index is 872. The summed E-state index contributed by atoms with van der Waals surface area (Å²) in [5.41, 5.74) is 0. The van der Waals surface area contributed by atoms with E-state index >= 15 is 0 Å². The average Bonchev–Trinajstić information content (AvgIpc) is 3.20. The molecule has 0 heterocycles. The van der Waals surface area contributed by atoms with E-state index in [2.05, 4.69) is 27.7 Å². The molecule has 0 saturated heterocycles. The number of hydrogen-bond donors (Lipinski definition) is 0. The number of hydrogen-bond acceptors (Lipinski definition) is 8. The van der Waals surface area contributed by atoms with E-state index in [1.54, 1.807) is 0 Å². The zero-order valence-electron chi connectivity index (χ0n) is 38.2. The molecular weight excluding hydrogens is 765 g/mol. The Labute approximate surface area is 367 Å². The molecule has 0 N–H and O–H groups in total. The molecule has 0 aliphatic carbocycles. The van der Waals surface area contributed by atoms with Crippen LogP contribution in [0.3, 0.4) is 0 Å². The van der Waals surface area contributed by atoms with Crippen LogP contribution in [0.5, 0.6) is 0 Å². The highest BCUT2D eigenvalue weighted by Crippen LogP contribution is 2.23. The monoisotopic (exact) mass is 859 g/mol. The van der Waals surface area contributed by atoms with Crippen molar-refractivity contribution in [2.75, 3.05) is 35.4 Å². The standard InChI is InChI=1S/C49H94O5S3/c1-5-9-12-15-18-20-22-25-28-31-39-55-41-36-48(51)53-38-34-46(44-45(50)35-43-57-47(8-4)33-30-27-24-17-14-11-7-3)54-49(52)37-42-56-40-32-29-26-23-21-19-16-13-10-6-2/h46-47H,5-44H2,1-4H3. The maximum atomic E-state index is 13.1. The molecule has 0 radical (unpaired) electrons. The van der Waals surface area contributed by atoms with Gasteiger partial charge in [0.05, 0.1) is 19.4 Å². The van der Waals surface area contributed by atoms with Crippen molar-refractivity contribution in [2.45, 2.75) is 257 Å². The zero-order valence-corrected chi connectivity index (χ0v) is 40.7. The second kappa shape index (κ2) is 46.7. The van der Waals surface area contributed by atoms with Gasteiger partial charge in [-0.25, -0.2) is 0 Å². The number of ketones is 1. The van der Waals surface area contributed by atoms with E-state index in [9.17, 15) is 14.4 Å². The van der Waals surface area contributed by atoms with E-state index < -0.39 is 6.10 Å². The average molecular weight is 859 g/mol. The van der Waals surface area contributed by atoms with Gasteiger partial charge in [-0.05, 0) is 37.2 Å². The van der Waals surface area contributed by atoms with Crippen molar-refractivity contribution in [2.24, 2.45) is 0 Å². The number of thioether (sulfide) groups is 3. The van der Waals surface area contributed by atoms with Crippen molar-refractivity contribution in [1.82, 2.24) is 0 Å². The van der Waals surface area contributed by atoms with Crippen molar-refractivity contribution >= 4 is 53.0 Å². The minimum Gasteiger partial charge on any atom is -0.466 e. The second-order valence-electron chi connectivity index (χ2n) is 16.5. The van der Waals surface area contributed by atoms with Gasteiger partial charge in [-0.3, -0.25) is 14.4 Å². The lowest BCUT2D eigenvalue weighted by molar-refractivity contribution is -0.151. The quantitative estimate of drug-likeness (QED) is 0.0443. The molecule has 8 heteroatoms. The van der Waals surface area contributed by atoms with Crippen LogP contribution in [0, 0.1) is 0 Å². The maximum absolute atomic E-state index is 13.1. The third kappa shape index (κ3) is 43.6. The Morgan fingerprint density at radius 1 is 0.439 bits per heavy atom. The molecule has 0 rings (SSSR count). The molecule has 338 valence electrons. The van der Waals surface area contributed by atoms with Crippen LogP contribution in [0.15, 0.2) is 0 Å². The molecule has 2 unspecified atom stereocenters. The molecule has 0 aromatic carbocycles. The number of carbonyl (C=O) groups is 3. The predicted octanol–water partition coefficient (Wildman–Crippen LogP) is 15.9. The van der Waals surface area contributed by atoms with Crippen LogP contribution >= 0.6 is 35.3 Å². The number of unbranched alkanes of at least 4 members (excludes halogenated alkanes) is 24. The number of rotatable bonds is 47. The molecule has 0 amide bonds. The van der Waals surface area contributed by atoms with E-state index in [1.807, 2.05) is 35.3 Å². The highest BCUT2D eigenvalue weighted by molar-refractivity contribution is 8.00. The lowest BCUT2D eigenvalue weighted by Gasteiger charge is -2.18. The molecule has 0 bridgehead atoms. The van der Waals surface area contributed by atoms with Gasteiger partial charge in [-0.1, -0.05) is 188 Å². The van der Waals surface area contributed by atoms with Gasteiger partial charge < -0.3 is 9.47 Å².